The Morgan fingerprint density at radius 3 is 2.22 bits per heavy atom. The van der Waals surface area contributed by atoms with Crippen molar-refractivity contribution in [1.82, 2.24) is 9.97 Å². The molecule has 0 saturated carbocycles. The Balaban J connectivity index is 1.73. The van der Waals surface area contributed by atoms with Gasteiger partial charge in [-0.25, -0.2) is 9.97 Å². The summed E-state index contributed by atoms with van der Waals surface area (Å²) in [5, 5.41) is 6.02. The average Bonchev–Trinajstić information content (AvgIpc) is 2.61. The zero-order valence-electron chi connectivity index (χ0n) is 15.9. The van der Waals surface area contributed by atoms with Gasteiger partial charge >= 0.3 is 0 Å². The monoisotopic (exact) mass is 361 g/mol. The van der Waals surface area contributed by atoms with Gasteiger partial charge < -0.3 is 15.5 Å². The summed E-state index contributed by atoms with van der Waals surface area (Å²) in [7, 11) is 3.98. The number of carbonyl (C=O) groups is 1. The van der Waals surface area contributed by atoms with Gasteiger partial charge in [0.25, 0.3) is 5.91 Å². The van der Waals surface area contributed by atoms with E-state index in [0.29, 0.717) is 11.6 Å². The maximum absolute atomic E-state index is 12.5. The normalized spacial score (nSPS) is 10.4. The van der Waals surface area contributed by atoms with E-state index < -0.39 is 0 Å². The summed E-state index contributed by atoms with van der Waals surface area (Å²) in [6.45, 7) is 3.99. The predicted molar refractivity (Wildman–Crippen MR) is 110 cm³/mol. The summed E-state index contributed by atoms with van der Waals surface area (Å²) in [5.74, 6) is 0.106. The van der Waals surface area contributed by atoms with Gasteiger partial charge in [-0.1, -0.05) is 6.07 Å². The van der Waals surface area contributed by atoms with Crippen molar-refractivity contribution in [1.29, 1.82) is 0 Å². The molecular formula is C21H23N5O. The minimum absolute atomic E-state index is 0.270. The molecule has 0 spiro atoms. The molecule has 2 aromatic carbocycles. The second-order valence-corrected chi connectivity index (χ2v) is 6.66. The van der Waals surface area contributed by atoms with Gasteiger partial charge in [0, 0.05) is 37.4 Å². The minimum Gasteiger partial charge on any atom is -0.378 e. The van der Waals surface area contributed by atoms with Gasteiger partial charge in [0.1, 0.15) is 5.69 Å². The summed E-state index contributed by atoms with van der Waals surface area (Å²) in [6.07, 6.45) is 1.57. The molecule has 0 fully saturated rings. The molecule has 0 radical (unpaired) electrons. The van der Waals surface area contributed by atoms with Gasteiger partial charge in [0.2, 0.25) is 5.95 Å². The van der Waals surface area contributed by atoms with Crippen LogP contribution in [0.15, 0.2) is 54.7 Å². The van der Waals surface area contributed by atoms with Crippen LogP contribution in [0.1, 0.15) is 21.6 Å². The van der Waals surface area contributed by atoms with E-state index in [-0.39, 0.29) is 5.91 Å². The molecule has 3 aromatic rings. The number of amides is 1. The van der Waals surface area contributed by atoms with Crippen LogP contribution >= 0.6 is 0 Å². The number of nitrogens with zero attached hydrogens (tertiary/aromatic N) is 3. The van der Waals surface area contributed by atoms with Crippen molar-refractivity contribution in [3.8, 4) is 0 Å². The zero-order valence-corrected chi connectivity index (χ0v) is 15.9. The molecule has 0 atom stereocenters. The number of aryl methyl sites for hydroxylation is 2. The second-order valence-electron chi connectivity index (χ2n) is 6.66. The number of rotatable bonds is 5. The van der Waals surface area contributed by atoms with Gasteiger partial charge in [-0.15, -0.1) is 0 Å². The molecule has 6 nitrogen and oxygen atoms in total. The maximum atomic E-state index is 12.5. The van der Waals surface area contributed by atoms with Crippen molar-refractivity contribution < 1.29 is 4.79 Å². The molecule has 2 N–H and O–H groups in total. The van der Waals surface area contributed by atoms with E-state index in [9.17, 15) is 4.79 Å². The Kier molecular flexibility index (Phi) is 5.35. The summed E-state index contributed by atoms with van der Waals surface area (Å²) < 4.78 is 0. The number of anilines is 4. The van der Waals surface area contributed by atoms with Crippen molar-refractivity contribution in [3.05, 3.63) is 71.5 Å². The largest absolute Gasteiger partial charge is 0.378 e. The van der Waals surface area contributed by atoms with E-state index in [1.807, 2.05) is 69.2 Å². The Bertz CT molecular complexity index is 931. The molecule has 27 heavy (non-hydrogen) atoms. The van der Waals surface area contributed by atoms with Gasteiger partial charge in [0.05, 0.1) is 0 Å². The fraction of sp³-hybridized carbons (Fsp3) is 0.190. The minimum atomic E-state index is -0.270. The van der Waals surface area contributed by atoms with Crippen molar-refractivity contribution in [2.75, 3.05) is 29.6 Å². The molecule has 0 aliphatic rings. The molecule has 0 aliphatic carbocycles. The molecule has 6 heteroatoms. The van der Waals surface area contributed by atoms with Crippen molar-refractivity contribution in [2.24, 2.45) is 0 Å². The fourth-order valence-electron chi connectivity index (χ4n) is 2.76. The molecule has 3 rings (SSSR count). The van der Waals surface area contributed by atoms with Gasteiger partial charge in [-0.3, -0.25) is 4.79 Å². The Morgan fingerprint density at radius 2 is 1.59 bits per heavy atom. The van der Waals surface area contributed by atoms with Crippen LogP contribution in [0.2, 0.25) is 0 Å². The van der Waals surface area contributed by atoms with Crippen LogP contribution in [0.3, 0.4) is 0 Å². The lowest BCUT2D eigenvalue weighted by atomic mass is 10.1. The third kappa shape index (κ3) is 4.82. The van der Waals surface area contributed by atoms with Crippen molar-refractivity contribution >= 4 is 28.9 Å². The van der Waals surface area contributed by atoms with Crippen LogP contribution in [-0.4, -0.2) is 30.0 Å². The number of aromatic nitrogens is 2. The summed E-state index contributed by atoms with van der Waals surface area (Å²) in [6, 6.07) is 15.4. The Morgan fingerprint density at radius 1 is 0.926 bits per heavy atom. The van der Waals surface area contributed by atoms with E-state index in [0.717, 1.165) is 28.2 Å². The molecule has 1 heterocycles. The van der Waals surface area contributed by atoms with E-state index in [1.165, 1.54) is 0 Å². The van der Waals surface area contributed by atoms with Crippen molar-refractivity contribution in [2.45, 2.75) is 13.8 Å². The van der Waals surface area contributed by atoms with Gasteiger partial charge in [-0.05, 0) is 67.4 Å². The number of hydrogen-bond donors (Lipinski definition) is 2. The Hall–Kier alpha value is -3.41. The van der Waals surface area contributed by atoms with Crippen LogP contribution < -0.4 is 15.5 Å². The number of hydrogen-bond acceptors (Lipinski definition) is 5. The molecular weight excluding hydrogens is 338 g/mol. The topological polar surface area (TPSA) is 70.2 Å². The maximum Gasteiger partial charge on any atom is 0.274 e. The van der Waals surface area contributed by atoms with Crippen LogP contribution in [-0.2, 0) is 0 Å². The van der Waals surface area contributed by atoms with E-state index in [4.69, 9.17) is 0 Å². The summed E-state index contributed by atoms with van der Waals surface area (Å²) in [4.78, 5) is 23.1. The highest BCUT2D eigenvalue weighted by atomic mass is 16.1. The fourth-order valence-corrected chi connectivity index (χ4v) is 2.76. The van der Waals surface area contributed by atoms with Gasteiger partial charge in [-0.2, -0.15) is 0 Å². The SMILES string of the molecule is Cc1cc(C)cc(NC(=O)c2ccnc(Nc3ccc(N(C)C)cc3)n2)c1. The highest BCUT2D eigenvalue weighted by Crippen LogP contribution is 2.19. The van der Waals surface area contributed by atoms with Crippen LogP contribution in [0.5, 0.6) is 0 Å². The first-order valence-electron chi connectivity index (χ1n) is 8.68. The average molecular weight is 361 g/mol. The van der Waals surface area contributed by atoms with Crippen LogP contribution in [0.25, 0.3) is 0 Å². The highest BCUT2D eigenvalue weighted by molar-refractivity contribution is 6.03. The first-order valence-corrected chi connectivity index (χ1v) is 8.68. The zero-order chi connectivity index (χ0) is 19.4. The first kappa shape index (κ1) is 18.4. The quantitative estimate of drug-likeness (QED) is 0.714. The second kappa shape index (κ2) is 7.86. The number of nitrogens with one attached hydrogen (secondary N) is 2. The molecule has 0 bridgehead atoms. The molecule has 1 amide bonds. The third-order valence-corrected chi connectivity index (χ3v) is 4.01. The molecule has 0 saturated heterocycles. The predicted octanol–water partition coefficient (Wildman–Crippen LogP) is 4.16. The van der Waals surface area contributed by atoms with Gasteiger partial charge in [0.15, 0.2) is 0 Å². The van der Waals surface area contributed by atoms with E-state index in [2.05, 4.69) is 26.7 Å². The summed E-state index contributed by atoms with van der Waals surface area (Å²) in [5.41, 5.74) is 5.20. The number of benzene rings is 2. The Labute approximate surface area is 159 Å². The third-order valence-electron chi connectivity index (χ3n) is 4.01. The lowest BCUT2D eigenvalue weighted by Crippen LogP contribution is -2.15. The highest BCUT2D eigenvalue weighted by Gasteiger charge is 2.10. The van der Waals surface area contributed by atoms with E-state index >= 15 is 0 Å². The molecule has 0 unspecified atom stereocenters. The smallest absolute Gasteiger partial charge is 0.274 e. The standard InChI is InChI=1S/C21H23N5O/c1-14-11-15(2)13-17(12-14)23-20(27)19-9-10-22-21(25-19)24-16-5-7-18(8-6-16)26(3)4/h5-13H,1-4H3,(H,23,27)(H,22,24,25). The molecule has 0 aliphatic heterocycles. The lowest BCUT2D eigenvalue weighted by molar-refractivity contribution is 0.102. The van der Waals surface area contributed by atoms with E-state index in [1.54, 1.807) is 12.3 Å². The van der Waals surface area contributed by atoms with Crippen LogP contribution in [0.4, 0.5) is 23.0 Å². The first-order chi connectivity index (χ1) is 12.9. The molecule has 1 aromatic heterocycles. The molecule has 138 valence electrons. The lowest BCUT2D eigenvalue weighted by Gasteiger charge is -2.13. The van der Waals surface area contributed by atoms with Crippen LogP contribution in [0, 0.1) is 13.8 Å². The van der Waals surface area contributed by atoms with Crippen molar-refractivity contribution in [3.63, 3.8) is 0 Å². The summed E-state index contributed by atoms with van der Waals surface area (Å²) >= 11 is 0. The number of carbonyl (C=O) groups excluding carboxylic acids is 1.